The lowest BCUT2D eigenvalue weighted by Crippen LogP contribution is -1.84. The minimum Gasteiger partial charge on any atom is -0.0985 e. The topological polar surface area (TPSA) is 0 Å². The molecule has 0 heterocycles. The average Bonchev–Trinajstić information content (AvgIpc) is 2.39. The van der Waals surface area contributed by atoms with E-state index in [2.05, 4.69) is 72.0 Å². The molecule has 0 aliphatic heterocycles. The predicted molar refractivity (Wildman–Crippen MR) is 89.4 cm³/mol. The second-order valence-electron chi connectivity index (χ2n) is 5.05. The summed E-state index contributed by atoms with van der Waals surface area (Å²) in [6.45, 7) is 18.2. The molecule has 0 bridgehead atoms. The maximum atomic E-state index is 3.90. The molecule has 0 unspecified atom stereocenters. The molecule has 0 spiro atoms. The summed E-state index contributed by atoms with van der Waals surface area (Å²) in [4.78, 5) is 0. The van der Waals surface area contributed by atoms with Gasteiger partial charge in [-0.05, 0) is 45.3 Å². The van der Waals surface area contributed by atoms with Gasteiger partial charge in [0.1, 0.15) is 0 Å². The van der Waals surface area contributed by atoms with Gasteiger partial charge in [-0.25, -0.2) is 0 Å². The van der Waals surface area contributed by atoms with Crippen molar-refractivity contribution in [3.05, 3.63) is 65.3 Å². The Kier molecular flexibility index (Phi) is 8.61. The highest BCUT2D eigenvalue weighted by atomic mass is 14.0. The summed E-state index contributed by atoms with van der Waals surface area (Å²) >= 11 is 0. The highest BCUT2D eigenvalue weighted by Gasteiger charge is 1.94. The van der Waals surface area contributed by atoms with Crippen LogP contribution in [0.4, 0.5) is 0 Å². The van der Waals surface area contributed by atoms with Crippen LogP contribution in [0, 0.1) is 6.92 Å². The monoisotopic (exact) mass is 256 g/mol. The Bertz CT molecular complexity index is 430. The van der Waals surface area contributed by atoms with Crippen LogP contribution in [0.5, 0.6) is 0 Å². The molecule has 0 N–H and O–H groups in total. The molecular formula is C19H28. The standard InChI is InChI=1S/C10H18.C9H10/c1-6-7-9(4)10(5)8(2)3;1-3-9-6-4-8(2)5-7-9/h2,6-7H2,1,3-5H3;3-7H,1H2,2H3/b10-9-;. The minimum absolute atomic E-state index is 1.18. The van der Waals surface area contributed by atoms with Gasteiger partial charge in [0.15, 0.2) is 0 Å². The summed E-state index contributed by atoms with van der Waals surface area (Å²) in [5.74, 6) is 0. The first-order chi connectivity index (χ1) is 8.92. The first-order valence-electron chi connectivity index (χ1n) is 6.93. The number of allylic oxidation sites excluding steroid dienone is 3. The third-order valence-corrected chi connectivity index (χ3v) is 3.22. The van der Waals surface area contributed by atoms with Gasteiger partial charge in [-0.3, -0.25) is 0 Å². The van der Waals surface area contributed by atoms with E-state index in [1.807, 2.05) is 6.08 Å². The fourth-order valence-electron chi connectivity index (χ4n) is 1.63. The Balaban J connectivity index is 0.000000342. The third-order valence-electron chi connectivity index (χ3n) is 3.22. The Hall–Kier alpha value is -1.56. The predicted octanol–water partition coefficient (Wildman–Crippen LogP) is 6.34. The molecule has 0 nitrogen and oxygen atoms in total. The first-order valence-corrected chi connectivity index (χ1v) is 6.93. The van der Waals surface area contributed by atoms with Crippen molar-refractivity contribution < 1.29 is 0 Å². The lowest BCUT2D eigenvalue weighted by molar-refractivity contribution is 0.892. The zero-order valence-electron chi connectivity index (χ0n) is 13.2. The molecule has 19 heavy (non-hydrogen) atoms. The number of hydrogen-bond donors (Lipinski definition) is 0. The second-order valence-corrected chi connectivity index (χ2v) is 5.05. The molecule has 104 valence electrons. The molecule has 0 heteroatoms. The fourth-order valence-corrected chi connectivity index (χ4v) is 1.63. The highest BCUT2D eigenvalue weighted by molar-refractivity contribution is 5.46. The van der Waals surface area contributed by atoms with Crippen molar-refractivity contribution >= 4 is 6.08 Å². The van der Waals surface area contributed by atoms with E-state index in [0.29, 0.717) is 0 Å². The molecule has 0 aliphatic carbocycles. The molecule has 0 atom stereocenters. The summed E-state index contributed by atoms with van der Waals surface area (Å²) < 4.78 is 0. The summed E-state index contributed by atoms with van der Waals surface area (Å²) in [5.41, 5.74) is 6.53. The van der Waals surface area contributed by atoms with Crippen molar-refractivity contribution in [2.45, 2.75) is 47.5 Å². The molecule has 1 aromatic rings. The summed E-state index contributed by atoms with van der Waals surface area (Å²) in [6.07, 6.45) is 4.29. The number of hydrogen-bond acceptors (Lipinski definition) is 0. The van der Waals surface area contributed by atoms with E-state index >= 15 is 0 Å². The van der Waals surface area contributed by atoms with Crippen LogP contribution in [0.2, 0.25) is 0 Å². The van der Waals surface area contributed by atoms with Gasteiger partial charge in [0.05, 0.1) is 0 Å². The van der Waals surface area contributed by atoms with Crippen LogP contribution < -0.4 is 0 Å². The minimum atomic E-state index is 1.18. The third kappa shape index (κ3) is 7.46. The van der Waals surface area contributed by atoms with E-state index < -0.39 is 0 Å². The molecule has 0 saturated heterocycles. The molecular weight excluding hydrogens is 228 g/mol. The summed E-state index contributed by atoms with van der Waals surface area (Å²) in [5, 5.41) is 0. The van der Waals surface area contributed by atoms with Crippen molar-refractivity contribution in [2.24, 2.45) is 0 Å². The molecule has 1 rings (SSSR count). The van der Waals surface area contributed by atoms with Crippen molar-refractivity contribution in [3.8, 4) is 0 Å². The molecule has 0 amide bonds. The van der Waals surface area contributed by atoms with E-state index in [-0.39, 0.29) is 0 Å². The maximum absolute atomic E-state index is 3.90. The van der Waals surface area contributed by atoms with Gasteiger partial charge in [0.2, 0.25) is 0 Å². The zero-order valence-corrected chi connectivity index (χ0v) is 13.2. The first kappa shape index (κ1) is 17.4. The van der Waals surface area contributed by atoms with Gasteiger partial charge in [-0.2, -0.15) is 0 Å². The van der Waals surface area contributed by atoms with Crippen molar-refractivity contribution in [3.63, 3.8) is 0 Å². The smallest absolute Gasteiger partial charge is 0.0262 e. The van der Waals surface area contributed by atoms with Crippen molar-refractivity contribution in [1.82, 2.24) is 0 Å². The zero-order chi connectivity index (χ0) is 14.8. The molecule has 1 aromatic carbocycles. The molecule has 0 fully saturated rings. The van der Waals surface area contributed by atoms with Crippen molar-refractivity contribution in [1.29, 1.82) is 0 Å². The van der Waals surface area contributed by atoms with Crippen LogP contribution in [0.3, 0.4) is 0 Å². The lowest BCUT2D eigenvalue weighted by Gasteiger charge is -2.04. The SMILES string of the molecule is C=C(C)/C(C)=C(/C)CCC.C=Cc1ccc(C)cc1. The summed E-state index contributed by atoms with van der Waals surface area (Å²) in [6, 6.07) is 8.28. The Morgan fingerprint density at radius 1 is 1.11 bits per heavy atom. The number of aryl methyl sites for hydroxylation is 1. The Morgan fingerprint density at radius 2 is 1.63 bits per heavy atom. The number of benzene rings is 1. The molecule has 0 aliphatic rings. The van der Waals surface area contributed by atoms with Crippen LogP contribution in [-0.2, 0) is 0 Å². The molecule has 0 radical (unpaired) electrons. The van der Waals surface area contributed by atoms with Crippen LogP contribution in [0.1, 0.15) is 51.7 Å². The molecule has 0 saturated carbocycles. The lowest BCUT2D eigenvalue weighted by atomic mass is 10.0. The highest BCUT2D eigenvalue weighted by Crippen LogP contribution is 2.15. The van der Waals surface area contributed by atoms with Crippen LogP contribution in [0.15, 0.2) is 54.1 Å². The quantitative estimate of drug-likeness (QED) is 0.552. The van der Waals surface area contributed by atoms with E-state index in [9.17, 15) is 0 Å². The van der Waals surface area contributed by atoms with Gasteiger partial charge in [-0.1, -0.05) is 73.6 Å². The van der Waals surface area contributed by atoms with E-state index in [4.69, 9.17) is 0 Å². The van der Waals surface area contributed by atoms with E-state index in [1.165, 1.54) is 40.7 Å². The normalized spacial score (nSPS) is 11.0. The van der Waals surface area contributed by atoms with Gasteiger partial charge >= 0.3 is 0 Å². The largest absolute Gasteiger partial charge is 0.0985 e. The van der Waals surface area contributed by atoms with Gasteiger partial charge in [-0.15, -0.1) is 0 Å². The average molecular weight is 256 g/mol. The van der Waals surface area contributed by atoms with Crippen LogP contribution in [0.25, 0.3) is 6.08 Å². The Morgan fingerprint density at radius 3 is 2.00 bits per heavy atom. The maximum Gasteiger partial charge on any atom is -0.0262 e. The van der Waals surface area contributed by atoms with Gasteiger partial charge in [0.25, 0.3) is 0 Å². The Labute approximate surface area is 119 Å². The van der Waals surface area contributed by atoms with E-state index in [0.717, 1.165) is 0 Å². The second kappa shape index (κ2) is 9.38. The van der Waals surface area contributed by atoms with Gasteiger partial charge < -0.3 is 0 Å². The van der Waals surface area contributed by atoms with Crippen molar-refractivity contribution in [2.75, 3.05) is 0 Å². The van der Waals surface area contributed by atoms with Crippen LogP contribution >= 0.6 is 0 Å². The van der Waals surface area contributed by atoms with E-state index in [1.54, 1.807) is 0 Å². The number of rotatable bonds is 4. The fraction of sp³-hybridized carbons (Fsp3) is 0.368. The van der Waals surface area contributed by atoms with Crippen LogP contribution in [-0.4, -0.2) is 0 Å². The summed E-state index contributed by atoms with van der Waals surface area (Å²) in [7, 11) is 0. The van der Waals surface area contributed by atoms with Gasteiger partial charge in [0, 0.05) is 0 Å². The molecule has 0 aromatic heterocycles.